The Morgan fingerprint density at radius 3 is 2.29 bits per heavy atom. The first-order chi connectivity index (χ1) is 16.2. The third-order valence-electron chi connectivity index (χ3n) is 5.11. The summed E-state index contributed by atoms with van der Waals surface area (Å²) in [6.45, 7) is 4.33. The van der Waals surface area contributed by atoms with Gasteiger partial charge in [0.05, 0.1) is 22.0 Å². The van der Waals surface area contributed by atoms with Gasteiger partial charge < -0.3 is 10.6 Å². The molecule has 0 aromatic heterocycles. The van der Waals surface area contributed by atoms with E-state index in [0.717, 1.165) is 18.4 Å². The number of benzene rings is 3. The first kappa shape index (κ1) is 25.3. The van der Waals surface area contributed by atoms with E-state index in [1.807, 2.05) is 6.92 Å². The van der Waals surface area contributed by atoms with Gasteiger partial charge >= 0.3 is 0 Å². The standard InChI is InChI=1S/C25H26ClN3O4S/c1-3-4-15-27-25(31)19-10-6-8-12-22(19)28-24(30)18-13-14-20(26)23(16-18)34(32,33)29-21-11-7-5-9-17(21)2/h5-14,16,29H,3-4,15H2,1-2H3,(H,27,31)(H,28,30). The Morgan fingerprint density at radius 2 is 1.59 bits per heavy atom. The molecule has 0 saturated heterocycles. The van der Waals surface area contributed by atoms with Crippen LogP contribution < -0.4 is 15.4 Å². The predicted molar refractivity (Wildman–Crippen MR) is 135 cm³/mol. The van der Waals surface area contributed by atoms with Crippen molar-refractivity contribution >= 4 is 44.8 Å². The Hall–Kier alpha value is -3.36. The summed E-state index contributed by atoms with van der Waals surface area (Å²) in [4.78, 5) is 25.2. The van der Waals surface area contributed by atoms with Crippen LogP contribution in [0.2, 0.25) is 5.02 Å². The van der Waals surface area contributed by atoms with Crippen molar-refractivity contribution in [3.63, 3.8) is 0 Å². The Balaban J connectivity index is 1.85. The second kappa shape index (κ2) is 11.2. The van der Waals surface area contributed by atoms with Crippen LogP contribution in [-0.2, 0) is 10.0 Å². The van der Waals surface area contributed by atoms with E-state index in [1.54, 1.807) is 55.5 Å². The second-order valence-corrected chi connectivity index (χ2v) is 9.73. The highest BCUT2D eigenvalue weighted by Crippen LogP contribution is 2.27. The van der Waals surface area contributed by atoms with Crippen LogP contribution in [0.25, 0.3) is 0 Å². The molecule has 0 bridgehead atoms. The zero-order valence-corrected chi connectivity index (χ0v) is 20.5. The molecular formula is C25H26ClN3O4S. The molecule has 178 valence electrons. The highest BCUT2D eigenvalue weighted by atomic mass is 35.5. The van der Waals surface area contributed by atoms with Gasteiger partial charge in [-0.1, -0.05) is 55.3 Å². The van der Waals surface area contributed by atoms with Crippen molar-refractivity contribution in [2.75, 3.05) is 16.6 Å². The summed E-state index contributed by atoms with van der Waals surface area (Å²) in [5, 5.41) is 5.50. The molecule has 3 aromatic rings. The molecule has 0 saturated carbocycles. The number of carbonyl (C=O) groups is 2. The average molecular weight is 500 g/mol. The number of amides is 2. The van der Waals surface area contributed by atoms with Gasteiger partial charge in [0.1, 0.15) is 4.90 Å². The Bertz CT molecular complexity index is 1310. The molecule has 0 radical (unpaired) electrons. The summed E-state index contributed by atoms with van der Waals surface area (Å²) in [7, 11) is -4.06. The second-order valence-electron chi connectivity index (χ2n) is 7.67. The molecule has 0 heterocycles. The highest BCUT2D eigenvalue weighted by Gasteiger charge is 2.22. The van der Waals surface area contributed by atoms with Gasteiger partial charge in [0.2, 0.25) is 0 Å². The summed E-state index contributed by atoms with van der Waals surface area (Å²) < 4.78 is 28.5. The van der Waals surface area contributed by atoms with Crippen LogP contribution in [0, 0.1) is 6.92 Å². The van der Waals surface area contributed by atoms with Crippen LogP contribution in [-0.4, -0.2) is 26.8 Å². The van der Waals surface area contributed by atoms with Crippen LogP contribution in [0.5, 0.6) is 0 Å². The van der Waals surface area contributed by atoms with E-state index in [4.69, 9.17) is 11.6 Å². The smallest absolute Gasteiger partial charge is 0.263 e. The molecule has 3 N–H and O–H groups in total. The normalized spacial score (nSPS) is 11.0. The molecule has 7 nitrogen and oxygen atoms in total. The van der Waals surface area contributed by atoms with E-state index >= 15 is 0 Å². The topological polar surface area (TPSA) is 104 Å². The van der Waals surface area contributed by atoms with Gasteiger partial charge in [-0.2, -0.15) is 0 Å². The van der Waals surface area contributed by atoms with Gasteiger partial charge in [-0.25, -0.2) is 8.42 Å². The zero-order valence-electron chi connectivity index (χ0n) is 18.9. The summed E-state index contributed by atoms with van der Waals surface area (Å²) in [5.41, 5.74) is 1.87. The molecule has 0 unspecified atom stereocenters. The lowest BCUT2D eigenvalue weighted by Crippen LogP contribution is -2.26. The van der Waals surface area contributed by atoms with Crippen molar-refractivity contribution in [3.05, 3.63) is 88.4 Å². The third-order valence-corrected chi connectivity index (χ3v) is 6.96. The highest BCUT2D eigenvalue weighted by molar-refractivity contribution is 7.92. The van der Waals surface area contributed by atoms with Gasteiger partial charge in [0.25, 0.3) is 21.8 Å². The SMILES string of the molecule is CCCCNC(=O)c1ccccc1NC(=O)c1ccc(Cl)c(S(=O)(=O)Nc2ccccc2C)c1. The van der Waals surface area contributed by atoms with Crippen molar-refractivity contribution in [2.24, 2.45) is 0 Å². The van der Waals surface area contributed by atoms with Crippen LogP contribution in [0.1, 0.15) is 46.0 Å². The maximum Gasteiger partial charge on any atom is 0.263 e. The Kier molecular flexibility index (Phi) is 8.31. The number of carbonyl (C=O) groups excluding carboxylic acids is 2. The summed E-state index contributed by atoms with van der Waals surface area (Å²) in [5.74, 6) is -0.871. The molecule has 9 heteroatoms. The number of hydrogen-bond donors (Lipinski definition) is 3. The Labute approximate surface area is 204 Å². The van der Waals surface area contributed by atoms with Gasteiger partial charge in [-0.15, -0.1) is 0 Å². The van der Waals surface area contributed by atoms with E-state index < -0.39 is 15.9 Å². The lowest BCUT2D eigenvalue weighted by molar-refractivity contribution is 0.0954. The van der Waals surface area contributed by atoms with Gasteiger partial charge in [-0.3, -0.25) is 14.3 Å². The Morgan fingerprint density at radius 1 is 0.912 bits per heavy atom. The van der Waals surface area contributed by atoms with Crippen LogP contribution in [0.4, 0.5) is 11.4 Å². The fraction of sp³-hybridized carbons (Fsp3) is 0.200. The minimum atomic E-state index is -4.06. The van der Waals surface area contributed by atoms with Crippen LogP contribution >= 0.6 is 11.6 Å². The number of rotatable bonds is 9. The molecule has 0 aliphatic heterocycles. The fourth-order valence-electron chi connectivity index (χ4n) is 3.20. The van der Waals surface area contributed by atoms with Gasteiger partial charge in [0.15, 0.2) is 0 Å². The number of hydrogen-bond acceptors (Lipinski definition) is 4. The van der Waals surface area contributed by atoms with E-state index in [-0.39, 0.29) is 21.4 Å². The first-order valence-corrected chi connectivity index (χ1v) is 12.7. The third kappa shape index (κ3) is 6.15. The van der Waals surface area contributed by atoms with E-state index in [2.05, 4.69) is 15.4 Å². The lowest BCUT2D eigenvalue weighted by atomic mass is 10.1. The summed E-state index contributed by atoms with van der Waals surface area (Å²) in [6, 6.07) is 17.5. The molecule has 0 aliphatic rings. The van der Waals surface area contributed by atoms with Gasteiger partial charge in [0, 0.05) is 12.1 Å². The molecule has 2 amide bonds. The lowest BCUT2D eigenvalue weighted by Gasteiger charge is -2.14. The van der Waals surface area contributed by atoms with Crippen molar-refractivity contribution in [1.82, 2.24) is 5.32 Å². The van der Waals surface area contributed by atoms with E-state index in [9.17, 15) is 18.0 Å². The molecule has 0 atom stereocenters. The van der Waals surface area contributed by atoms with Crippen LogP contribution in [0.15, 0.2) is 71.6 Å². The fourth-order valence-corrected chi connectivity index (χ4v) is 4.85. The molecule has 0 spiro atoms. The summed E-state index contributed by atoms with van der Waals surface area (Å²) >= 11 is 6.18. The van der Waals surface area contributed by atoms with Crippen molar-refractivity contribution in [2.45, 2.75) is 31.6 Å². The number of nitrogens with one attached hydrogen (secondary N) is 3. The van der Waals surface area contributed by atoms with Crippen LogP contribution in [0.3, 0.4) is 0 Å². The van der Waals surface area contributed by atoms with Crippen molar-refractivity contribution in [1.29, 1.82) is 0 Å². The largest absolute Gasteiger partial charge is 0.352 e. The molecule has 34 heavy (non-hydrogen) atoms. The predicted octanol–water partition coefficient (Wildman–Crippen LogP) is 5.23. The maximum absolute atomic E-state index is 13.0. The molecule has 3 aromatic carbocycles. The molecular weight excluding hydrogens is 474 g/mol. The number of sulfonamides is 1. The average Bonchev–Trinajstić information content (AvgIpc) is 2.81. The quantitative estimate of drug-likeness (QED) is 0.350. The minimum absolute atomic E-state index is 0.0201. The number of halogens is 1. The zero-order chi connectivity index (χ0) is 24.7. The molecule has 0 fully saturated rings. The minimum Gasteiger partial charge on any atom is -0.352 e. The van der Waals surface area contributed by atoms with E-state index in [0.29, 0.717) is 23.5 Å². The van der Waals surface area contributed by atoms with E-state index in [1.165, 1.54) is 18.2 Å². The first-order valence-electron chi connectivity index (χ1n) is 10.8. The monoisotopic (exact) mass is 499 g/mol. The van der Waals surface area contributed by atoms with Crippen molar-refractivity contribution < 1.29 is 18.0 Å². The molecule has 3 rings (SSSR count). The number of unbranched alkanes of at least 4 members (excludes halogenated alkanes) is 1. The summed E-state index contributed by atoms with van der Waals surface area (Å²) in [6.07, 6.45) is 1.79. The number of aryl methyl sites for hydroxylation is 1. The molecule has 0 aliphatic carbocycles. The number of anilines is 2. The van der Waals surface area contributed by atoms with Gasteiger partial charge in [-0.05, 0) is 55.3 Å². The van der Waals surface area contributed by atoms with Crippen molar-refractivity contribution in [3.8, 4) is 0 Å². The number of para-hydroxylation sites is 2. The maximum atomic E-state index is 13.0.